The van der Waals surface area contributed by atoms with Gasteiger partial charge in [0.15, 0.2) is 0 Å². The van der Waals surface area contributed by atoms with E-state index in [1.807, 2.05) is 30.3 Å². The molecule has 5 heteroatoms. The molecule has 0 unspecified atom stereocenters. The van der Waals surface area contributed by atoms with Crippen molar-refractivity contribution >= 4 is 33.7 Å². The van der Waals surface area contributed by atoms with Crippen LogP contribution in [0.5, 0.6) is 11.5 Å². The maximum atomic E-state index is 9.96. The number of azo groups is 1. The zero-order chi connectivity index (χ0) is 14.8. The summed E-state index contributed by atoms with van der Waals surface area (Å²) >= 11 is 5.77. The quantitative estimate of drug-likeness (QED) is 0.629. The highest BCUT2D eigenvalue weighted by atomic mass is 35.5. The fourth-order valence-corrected chi connectivity index (χ4v) is 2.20. The first-order chi connectivity index (χ1) is 10.1. The van der Waals surface area contributed by atoms with E-state index in [2.05, 4.69) is 10.2 Å². The molecule has 0 aliphatic heterocycles. The molecule has 4 nitrogen and oxygen atoms in total. The number of benzene rings is 3. The van der Waals surface area contributed by atoms with Crippen LogP contribution in [-0.4, -0.2) is 10.2 Å². The lowest BCUT2D eigenvalue weighted by molar-refractivity contribution is 0.474. The largest absolute Gasteiger partial charge is 0.506 e. The van der Waals surface area contributed by atoms with Crippen molar-refractivity contribution < 1.29 is 10.2 Å². The van der Waals surface area contributed by atoms with Crippen molar-refractivity contribution in [2.45, 2.75) is 0 Å². The Labute approximate surface area is 126 Å². The second-order valence-electron chi connectivity index (χ2n) is 4.49. The number of phenolic OH excluding ortho intramolecular Hbond substituents is 2. The van der Waals surface area contributed by atoms with Crippen LogP contribution in [0.2, 0.25) is 5.02 Å². The van der Waals surface area contributed by atoms with Crippen LogP contribution in [0.1, 0.15) is 0 Å². The van der Waals surface area contributed by atoms with Crippen molar-refractivity contribution in [3.8, 4) is 11.5 Å². The van der Waals surface area contributed by atoms with Crippen LogP contribution in [0.3, 0.4) is 0 Å². The summed E-state index contributed by atoms with van der Waals surface area (Å²) in [5.74, 6) is -0.0307. The van der Waals surface area contributed by atoms with Crippen molar-refractivity contribution in [3.05, 3.63) is 59.6 Å². The van der Waals surface area contributed by atoms with Gasteiger partial charge in [-0.15, -0.1) is 10.2 Å². The number of nitrogens with zero attached hydrogens (tertiary/aromatic N) is 2. The van der Waals surface area contributed by atoms with E-state index in [0.717, 1.165) is 10.8 Å². The number of rotatable bonds is 2. The minimum absolute atomic E-state index is 0.0332. The van der Waals surface area contributed by atoms with Gasteiger partial charge in [-0.25, -0.2) is 0 Å². The molecule has 0 saturated heterocycles. The fraction of sp³-hybridized carbons (Fsp3) is 0. The summed E-state index contributed by atoms with van der Waals surface area (Å²) in [6.45, 7) is 0. The smallest absolute Gasteiger partial charge is 0.144 e. The summed E-state index contributed by atoms with van der Waals surface area (Å²) in [7, 11) is 0. The van der Waals surface area contributed by atoms with Gasteiger partial charge in [0.05, 0.1) is 0 Å². The number of aromatic hydroxyl groups is 2. The number of hydrogen-bond donors (Lipinski definition) is 2. The average molecular weight is 299 g/mol. The molecule has 0 amide bonds. The molecule has 3 aromatic rings. The first-order valence-electron chi connectivity index (χ1n) is 6.26. The summed E-state index contributed by atoms with van der Waals surface area (Å²) in [6, 6.07) is 15.5. The lowest BCUT2D eigenvalue weighted by Gasteiger charge is -2.04. The maximum Gasteiger partial charge on any atom is 0.144 e. The van der Waals surface area contributed by atoms with Crippen molar-refractivity contribution in [1.29, 1.82) is 0 Å². The zero-order valence-electron chi connectivity index (χ0n) is 10.9. The molecule has 21 heavy (non-hydrogen) atoms. The van der Waals surface area contributed by atoms with Gasteiger partial charge in [0.1, 0.15) is 22.9 Å². The Kier molecular flexibility index (Phi) is 3.46. The highest BCUT2D eigenvalue weighted by Crippen LogP contribution is 2.37. The van der Waals surface area contributed by atoms with Crippen LogP contribution in [0.4, 0.5) is 11.4 Å². The van der Waals surface area contributed by atoms with E-state index in [4.69, 9.17) is 11.6 Å². The van der Waals surface area contributed by atoms with Crippen LogP contribution in [0.25, 0.3) is 10.8 Å². The third kappa shape index (κ3) is 2.66. The van der Waals surface area contributed by atoms with E-state index in [0.29, 0.717) is 10.7 Å². The summed E-state index contributed by atoms with van der Waals surface area (Å²) in [6.07, 6.45) is 0. The number of hydrogen-bond acceptors (Lipinski definition) is 4. The molecule has 0 aliphatic rings. The van der Waals surface area contributed by atoms with Gasteiger partial charge in [-0.1, -0.05) is 41.9 Å². The Bertz CT molecular complexity index is 847. The molecule has 104 valence electrons. The summed E-state index contributed by atoms with van der Waals surface area (Å²) in [5.41, 5.74) is 0.647. The van der Waals surface area contributed by atoms with Crippen molar-refractivity contribution in [1.82, 2.24) is 0 Å². The first-order valence-corrected chi connectivity index (χ1v) is 6.64. The lowest BCUT2D eigenvalue weighted by atomic mass is 10.1. The average Bonchev–Trinajstić information content (AvgIpc) is 2.48. The van der Waals surface area contributed by atoms with Crippen molar-refractivity contribution in [2.24, 2.45) is 10.2 Å². The molecule has 0 spiro atoms. The molecule has 0 heterocycles. The van der Waals surface area contributed by atoms with Gasteiger partial charge in [0.25, 0.3) is 0 Å². The van der Waals surface area contributed by atoms with Gasteiger partial charge in [0, 0.05) is 16.5 Å². The standard InChI is InChI=1S/C16H11ClN2O2/c17-11-6-7-13(15(21)9-11)18-19-16-12-4-2-1-3-10(12)5-8-14(16)20/h1-9,20-21H. The zero-order valence-corrected chi connectivity index (χ0v) is 11.6. The van der Waals surface area contributed by atoms with Gasteiger partial charge in [-0.05, 0) is 23.6 Å². The van der Waals surface area contributed by atoms with E-state index in [9.17, 15) is 10.2 Å². The molecule has 0 bridgehead atoms. The Morgan fingerprint density at radius 2 is 1.62 bits per heavy atom. The van der Waals surface area contributed by atoms with Gasteiger partial charge >= 0.3 is 0 Å². The van der Waals surface area contributed by atoms with E-state index in [-0.39, 0.29) is 17.2 Å². The predicted molar refractivity (Wildman–Crippen MR) is 82.9 cm³/mol. The maximum absolute atomic E-state index is 9.96. The third-order valence-electron chi connectivity index (χ3n) is 3.07. The summed E-state index contributed by atoms with van der Waals surface area (Å²) < 4.78 is 0. The highest BCUT2D eigenvalue weighted by molar-refractivity contribution is 6.30. The van der Waals surface area contributed by atoms with Crippen LogP contribution < -0.4 is 0 Å². The number of fused-ring (bicyclic) bond motifs is 1. The van der Waals surface area contributed by atoms with Gasteiger partial charge in [-0.2, -0.15) is 0 Å². The normalized spacial score (nSPS) is 11.3. The number of phenols is 2. The second-order valence-corrected chi connectivity index (χ2v) is 4.92. The predicted octanol–water partition coefficient (Wildman–Crippen LogP) is 5.32. The van der Waals surface area contributed by atoms with Crippen LogP contribution in [0, 0.1) is 0 Å². The fourth-order valence-electron chi connectivity index (χ4n) is 2.03. The molecule has 3 rings (SSSR count). The van der Waals surface area contributed by atoms with E-state index in [1.54, 1.807) is 18.2 Å². The van der Waals surface area contributed by atoms with E-state index >= 15 is 0 Å². The topological polar surface area (TPSA) is 65.2 Å². The Morgan fingerprint density at radius 1 is 0.810 bits per heavy atom. The van der Waals surface area contributed by atoms with Crippen LogP contribution >= 0.6 is 11.6 Å². The highest BCUT2D eigenvalue weighted by Gasteiger charge is 2.06. The monoisotopic (exact) mass is 298 g/mol. The molecule has 0 aliphatic carbocycles. The molecule has 0 radical (unpaired) electrons. The van der Waals surface area contributed by atoms with Gasteiger partial charge in [-0.3, -0.25) is 0 Å². The molecule has 0 atom stereocenters. The molecule has 2 N–H and O–H groups in total. The SMILES string of the molecule is Oc1cc(Cl)ccc1N=Nc1c(O)ccc2ccccc12. The Morgan fingerprint density at radius 3 is 2.43 bits per heavy atom. The second kappa shape index (κ2) is 5.42. The van der Waals surface area contributed by atoms with Gasteiger partial charge in [0.2, 0.25) is 0 Å². The van der Waals surface area contributed by atoms with Crippen molar-refractivity contribution in [2.75, 3.05) is 0 Å². The molecule has 0 saturated carbocycles. The molecular formula is C16H11ClN2O2. The first kappa shape index (κ1) is 13.4. The lowest BCUT2D eigenvalue weighted by Crippen LogP contribution is -1.75. The molecule has 0 fully saturated rings. The summed E-state index contributed by atoms with van der Waals surface area (Å²) in [4.78, 5) is 0. The summed E-state index contributed by atoms with van der Waals surface area (Å²) in [5, 5.41) is 29.9. The van der Waals surface area contributed by atoms with Crippen LogP contribution in [0.15, 0.2) is 64.8 Å². The minimum Gasteiger partial charge on any atom is -0.506 e. The number of halogens is 1. The minimum atomic E-state index is -0.0639. The van der Waals surface area contributed by atoms with E-state index < -0.39 is 0 Å². The van der Waals surface area contributed by atoms with Crippen molar-refractivity contribution in [3.63, 3.8) is 0 Å². The third-order valence-corrected chi connectivity index (χ3v) is 3.31. The van der Waals surface area contributed by atoms with E-state index in [1.165, 1.54) is 6.07 Å². The van der Waals surface area contributed by atoms with Gasteiger partial charge < -0.3 is 10.2 Å². The molecular weight excluding hydrogens is 288 g/mol. The Hall–Kier alpha value is -2.59. The Balaban J connectivity index is 2.09. The molecule has 3 aromatic carbocycles. The molecule has 0 aromatic heterocycles. The van der Waals surface area contributed by atoms with Crippen LogP contribution in [-0.2, 0) is 0 Å².